The maximum absolute atomic E-state index is 14.4. The van der Waals surface area contributed by atoms with E-state index in [2.05, 4.69) is 5.32 Å². The Morgan fingerprint density at radius 3 is 2.75 bits per heavy atom. The second-order valence-electron chi connectivity index (χ2n) is 7.36. The van der Waals surface area contributed by atoms with Gasteiger partial charge in [0.2, 0.25) is 0 Å². The monoisotopic (exact) mass is 399 g/mol. The second-order valence-corrected chi connectivity index (χ2v) is 9.43. The Morgan fingerprint density at radius 2 is 1.96 bits per heavy atom. The molecule has 1 aliphatic carbocycles. The number of rotatable bonds is 2. The van der Waals surface area contributed by atoms with Crippen LogP contribution in [0, 0.1) is 5.82 Å². The van der Waals surface area contributed by atoms with Crippen LogP contribution in [-0.4, -0.2) is 20.0 Å². The maximum atomic E-state index is 14.4. The first kappa shape index (κ1) is 17.4. The lowest BCUT2D eigenvalue weighted by atomic mass is 9.79. The number of nitrogens with one attached hydrogen (secondary N) is 1. The molecule has 0 saturated carbocycles. The number of sulfone groups is 1. The summed E-state index contributed by atoms with van der Waals surface area (Å²) in [6.07, 6.45) is 3.71. The zero-order valence-corrected chi connectivity index (χ0v) is 15.8. The van der Waals surface area contributed by atoms with Crippen LogP contribution >= 0.6 is 0 Å². The highest BCUT2D eigenvalue weighted by Crippen LogP contribution is 2.48. The Kier molecular flexibility index (Phi) is 3.84. The van der Waals surface area contributed by atoms with Gasteiger partial charge in [-0.2, -0.15) is 0 Å². The van der Waals surface area contributed by atoms with E-state index >= 15 is 0 Å². The van der Waals surface area contributed by atoms with Crippen LogP contribution in [-0.2, 0) is 14.6 Å². The number of carbonyl (C=O) groups is 1. The largest absolute Gasteiger partial charge is 0.464 e. The number of hydrogen-bond donors (Lipinski definition) is 1. The molecule has 7 heteroatoms. The van der Waals surface area contributed by atoms with E-state index in [1.54, 1.807) is 24.3 Å². The van der Waals surface area contributed by atoms with Gasteiger partial charge in [0.05, 0.1) is 28.4 Å². The van der Waals surface area contributed by atoms with Gasteiger partial charge in [0, 0.05) is 29.8 Å². The summed E-state index contributed by atoms with van der Waals surface area (Å²) in [6, 6.07) is 7.81. The van der Waals surface area contributed by atoms with Crippen molar-refractivity contribution in [3.05, 3.63) is 69.8 Å². The van der Waals surface area contributed by atoms with Gasteiger partial charge in [-0.25, -0.2) is 12.8 Å². The first-order valence-electron chi connectivity index (χ1n) is 9.28. The fourth-order valence-corrected chi connectivity index (χ4v) is 6.27. The van der Waals surface area contributed by atoms with Gasteiger partial charge < -0.3 is 9.73 Å². The van der Waals surface area contributed by atoms with Crippen molar-refractivity contribution in [1.29, 1.82) is 0 Å². The van der Waals surface area contributed by atoms with Crippen molar-refractivity contribution in [2.24, 2.45) is 0 Å². The average Bonchev–Trinajstić information content (AvgIpc) is 3.30. The normalized spacial score (nSPS) is 23.5. The van der Waals surface area contributed by atoms with Crippen LogP contribution in [0.1, 0.15) is 37.2 Å². The van der Waals surface area contributed by atoms with E-state index in [9.17, 15) is 17.6 Å². The molecule has 1 aromatic carbocycles. The Balaban J connectivity index is 1.73. The fraction of sp³-hybridized carbons (Fsp3) is 0.286. The van der Waals surface area contributed by atoms with E-state index in [1.165, 1.54) is 12.3 Å². The molecule has 1 aromatic heterocycles. The molecule has 0 amide bonds. The molecule has 1 N–H and O–H groups in total. The first-order chi connectivity index (χ1) is 13.5. The Bertz CT molecular complexity index is 1160. The van der Waals surface area contributed by atoms with Crippen molar-refractivity contribution in [3.63, 3.8) is 0 Å². The minimum Gasteiger partial charge on any atom is -0.464 e. The molecular weight excluding hydrogens is 381 g/mol. The van der Waals surface area contributed by atoms with E-state index in [0.717, 1.165) is 12.1 Å². The smallest absolute Gasteiger partial charge is 0.177 e. The molecule has 2 aliphatic heterocycles. The minimum atomic E-state index is -3.48. The highest BCUT2D eigenvalue weighted by molar-refractivity contribution is 7.95. The summed E-state index contributed by atoms with van der Waals surface area (Å²) in [5, 5.41) is 3.22. The molecule has 0 bridgehead atoms. The van der Waals surface area contributed by atoms with E-state index in [0.29, 0.717) is 41.9 Å². The Morgan fingerprint density at radius 1 is 1.11 bits per heavy atom. The topological polar surface area (TPSA) is 76.4 Å². The van der Waals surface area contributed by atoms with E-state index < -0.39 is 21.6 Å². The number of halogens is 1. The predicted octanol–water partition coefficient (Wildman–Crippen LogP) is 3.81. The summed E-state index contributed by atoms with van der Waals surface area (Å²) in [7, 11) is -3.48. The molecular formula is C21H18FNO4S. The molecule has 5 rings (SSSR count). The third kappa shape index (κ3) is 2.57. The number of benzene rings is 1. The average molecular weight is 399 g/mol. The molecule has 28 heavy (non-hydrogen) atoms. The summed E-state index contributed by atoms with van der Waals surface area (Å²) in [5.74, 6) is -0.805. The van der Waals surface area contributed by atoms with Crippen LogP contribution < -0.4 is 5.32 Å². The van der Waals surface area contributed by atoms with Gasteiger partial charge >= 0.3 is 0 Å². The number of carbonyl (C=O) groups excluding carboxylic acids is 1. The van der Waals surface area contributed by atoms with E-state index in [-0.39, 0.29) is 22.0 Å². The van der Waals surface area contributed by atoms with Gasteiger partial charge in [-0.3, -0.25) is 4.79 Å². The van der Waals surface area contributed by atoms with E-state index in [4.69, 9.17) is 4.42 Å². The van der Waals surface area contributed by atoms with Crippen molar-refractivity contribution in [3.8, 4) is 11.3 Å². The lowest BCUT2D eigenvalue weighted by Gasteiger charge is -2.33. The zero-order chi connectivity index (χ0) is 19.5. The Labute approximate surface area is 161 Å². The summed E-state index contributed by atoms with van der Waals surface area (Å²) in [6.45, 7) is 0. The number of Topliss-reactive ketones (excluding diaryl/α,β-unsaturated/α-hetero) is 1. The van der Waals surface area contributed by atoms with Crippen molar-refractivity contribution in [1.82, 2.24) is 5.32 Å². The number of furan rings is 1. The van der Waals surface area contributed by atoms with Crippen molar-refractivity contribution in [2.75, 3.05) is 5.75 Å². The molecule has 3 heterocycles. The third-order valence-corrected chi connectivity index (χ3v) is 7.57. The highest BCUT2D eigenvalue weighted by atomic mass is 32.2. The van der Waals surface area contributed by atoms with Gasteiger partial charge in [0.1, 0.15) is 11.6 Å². The molecule has 144 valence electrons. The lowest BCUT2D eigenvalue weighted by molar-refractivity contribution is -0.116. The quantitative estimate of drug-likeness (QED) is 0.831. The van der Waals surface area contributed by atoms with Crippen LogP contribution in [0.25, 0.3) is 11.3 Å². The summed E-state index contributed by atoms with van der Waals surface area (Å²) >= 11 is 0. The van der Waals surface area contributed by atoms with E-state index in [1.807, 2.05) is 0 Å². The number of hydrogen-bond acceptors (Lipinski definition) is 5. The van der Waals surface area contributed by atoms with Crippen LogP contribution in [0.2, 0.25) is 0 Å². The Hall–Kier alpha value is -2.67. The fourth-order valence-electron chi connectivity index (χ4n) is 4.44. The molecule has 0 saturated heterocycles. The van der Waals surface area contributed by atoms with Crippen molar-refractivity contribution in [2.45, 2.75) is 31.6 Å². The van der Waals surface area contributed by atoms with Gasteiger partial charge in [0.15, 0.2) is 15.6 Å². The SMILES string of the molecule is O=C1CCCC2=C1[C@H](c1ccc(F)c(-c3ccco3)c1)C1=C(CCS1(=O)=O)N2. The summed E-state index contributed by atoms with van der Waals surface area (Å²) in [4.78, 5) is 13.0. The molecule has 0 radical (unpaired) electrons. The number of allylic oxidation sites excluding steroid dienone is 4. The molecule has 5 nitrogen and oxygen atoms in total. The van der Waals surface area contributed by atoms with Crippen LogP contribution in [0.4, 0.5) is 4.39 Å². The molecule has 0 fully saturated rings. The van der Waals surface area contributed by atoms with Gasteiger partial charge in [-0.15, -0.1) is 0 Å². The summed E-state index contributed by atoms with van der Waals surface area (Å²) < 4.78 is 45.4. The minimum absolute atomic E-state index is 0.0299. The van der Waals surface area contributed by atoms with Gasteiger partial charge in [-0.1, -0.05) is 6.07 Å². The van der Waals surface area contributed by atoms with Crippen LogP contribution in [0.5, 0.6) is 0 Å². The molecule has 0 spiro atoms. The third-order valence-electron chi connectivity index (χ3n) is 5.67. The molecule has 2 aromatic rings. The zero-order valence-electron chi connectivity index (χ0n) is 15.0. The molecule has 0 unspecified atom stereocenters. The summed E-state index contributed by atoms with van der Waals surface area (Å²) in [5.41, 5.74) is 2.83. The predicted molar refractivity (Wildman–Crippen MR) is 101 cm³/mol. The van der Waals surface area contributed by atoms with Crippen molar-refractivity contribution >= 4 is 15.6 Å². The van der Waals surface area contributed by atoms with Gasteiger partial charge in [0.25, 0.3) is 0 Å². The molecule has 1 atom stereocenters. The lowest BCUT2D eigenvalue weighted by Crippen LogP contribution is -2.32. The highest BCUT2D eigenvalue weighted by Gasteiger charge is 2.44. The standard InChI is InChI=1S/C21H18FNO4S/c22-14-7-6-12(11-13(14)18-5-2-9-27-18)19-20-15(3-1-4-17(20)24)23-16-8-10-28(25,26)21(16)19/h2,5-7,9,11,19,23H,1,3-4,8,10H2/t19-/m0/s1. The van der Waals surface area contributed by atoms with Gasteiger partial charge in [-0.05, 0) is 42.7 Å². The number of dihydropyridines is 1. The van der Waals surface area contributed by atoms with Crippen LogP contribution in [0.15, 0.2) is 62.9 Å². The number of ketones is 1. The van der Waals surface area contributed by atoms with Crippen molar-refractivity contribution < 1.29 is 22.0 Å². The molecule has 3 aliphatic rings. The van der Waals surface area contributed by atoms with Crippen LogP contribution in [0.3, 0.4) is 0 Å². The maximum Gasteiger partial charge on any atom is 0.177 e. The second kappa shape index (κ2) is 6.17. The first-order valence-corrected chi connectivity index (χ1v) is 10.9.